The molecule has 0 aliphatic carbocycles. The van der Waals surface area contributed by atoms with E-state index in [2.05, 4.69) is 0 Å². The highest BCUT2D eigenvalue weighted by atomic mass is 19.1. The molecule has 0 bridgehead atoms. The maximum Gasteiger partial charge on any atom is 0.224 e. The van der Waals surface area contributed by atoms with Crippen molar-refractivity contribution in [3.05, 3.63) is 71.5 Å². The SMILES string of the molecule is CC(=O)N(CCC(=O)N(Cc1ccccc1)C(C)C)CCc1ccc(F)cc1. The molecule has 0 aromatic heterocycles. The molecule has 0 heterocycles. The number of nitrogens with zero attached hydrogens (tertiary/aromatic N) is 2. The van der Waals surface area contributed by atoms with Gasteiger partial charge in [-0.3, -0.25) is 9.59 Å². The zero-order valence-corrected chi connectivity index (χ0v) is 16.9. The Morgan fingerprint density at radius 3 is 2.14 bits per heavy atom. The van der Waals surface area contributed by atoms with Gasteiger partial charge in [-0.1, -0.05) is 42.5 Å². The molecular formula is C23H29FN2O2. The maximum absolute atomic E-state index is 13.0. The Balaban J connectivity index is 1.91. The summed E-state index contributed by atoms with van der Waals surface area (Å²) < 4.78 is 13.0. The van der Waals surface area contributed by atoms with E-state index in [1.807, 2.05) is 49.1 Å². The summed E-state index contributed by atoms with van der Waals surface area (Å²) in [5, 5.41) is 0. The number of benzene rings is 2. The summed E-state index contributed by atoms with van der Waals surface area (Å²) in [6.45, 7) is 6.96. The lowest BCUT2D eigenvalue weighted by molar-refractivity contribution is -0.135. The Hall–Kier alpha value is -2.69. The molecule has 2 rings (SSSR count). The molecule has 4 nitrogen and oxygen atoms in total. The third-order valence-electron chi connectivity index (χ3n) is 4.76. The van der Waals surface area contributed by atoms with E-state index in [0.29, 0.717) is 26.1 Å². The molecule has 0 aliphatic heterocycles. The summed E-state index contributed by atoms with van der Waals surface area (Å²) >= 11 is 0. The predicted molar refractivity (Wildman–Crippen MR) is 109 cm³/mol. The van der Waals surface area contributed by atoms with E-state index in [4.69, 9.17) is 0 Å². The van der Waals surface area contributed by atoms with Gasteiger partial charge in [-0.15, -0.1) is 0 Å². The zero-order valence-electron chi connectivity index (χ0n) is 16.9. The Morgan fingerprint density at radius 1 is 0.929 bits per heavy atom. The van der Waals surface area contributed by atoms with Gasteiger partial charge in [0.1, 0.15) is 5.82 Å². The summed E-state index contributed by atoms with van der Waals surface area (Å²) in [4.78, 5) is 28.3. The van der Waals surface area contributed by atoms with Crippen LogP contribution in [0.4, 0.5) is 4.39 Å². The van der Waals surface area contributed by atoms with Gasteiger partial charge < -0.3 is 9.80 Å². The molecule has 2 aromatic carbocycles. The largest absolute Gasteiger partial charge is 0.342 e. The van der Waals surface area contributed by atoms with Gasteiger partial charge in [-0.05, 0) is 43.5 Å². The Labute approximate surface area is 167 Å². The molecule has 0 N–H and O–H groups in total. The van der Waals surface area contributed by atoms with Crippen molar-refractivity contribution in [3.8, 4) is 0 Å². The van der Waals surface area contributed by atoms with E-state index in [-0.39, 0.29) is 30.1 Å². The zero-order chi connectivity index (χ0) is 20.5. The van der Waals surface area contributed by atoms with Crippen molar-refractivity contribution in [1.82, 2.24) is 9.80 Å². The van der Waals surface area contributed by atoms with Gasteiger partial charge >= 0.3 is 0 Å². The molecule has 150 valence electrons. The molecule has 0 unspecified atom stereocenters. The number of carbonyl (C=O) groups excluding carboxylic acids is 2. The van der Waals surface area contributed by atoms with E-state index in [1.54, 1.807) is 17.0 Å². The first kappa shape index (κ1) is 21.6. The van der Waals surface area contributed by atoms with E-state index < -0.39 is 0 Å². The average molecular weight is 384 g/mol. The van der Waals surface area contributed by atoms with Crippen LogP contribution in [0, 0.1) is 5.82 Å². The minimum Gasteiger partial charge on any atom is -0.342 e. The smallest absolute Gasteiger partial charge is 0.224 e. The second-order valence-electron chi connectivity index (χ2n) is 7.23. The first-order valence-corrected chi connectivity index (χ1v) is 9.70. The lowest BCUT2D eigenvalue weighted by Gasteiger charge is -2.28. The quantitative estimate of drug-likeness (QED) is 0.655. The molecule has 0 aliphatic rings. The fourth-order valence-corrected chi connectivity index (χ4v) is 3.05. The highest BCUT2D eigenvalue weighted by Crippen LogP contribution is 2.11. The second-order valence-corrected chi connectivity index (χ2v) is 7.23. The standard InChI is InChI=1S/C23H29FN2O2/c1-18(2)26(17-21-7-5-4-6-8-21)23(28)14-16-25(19(3)27)15-13-20-9-11-22(24)12-10-20/h4-12,18H,13-17H2,1-3H3. The van der Waals surface area contributed by atoms with Crippen LogP contribution in [-0.4, -0.2) is 40.7 Å². The lowest BCUT2D eigenvalue weighted by Crippen LogP contribution is -2.40. The summed E-state index contributed by atoms with van der Waals surface area (Å²) in [5.41, 5.74) is 2.05. The van der Waals surface area contributed by atoms with Gasteiger partial charge in [0.05, 0.1) is 0 Å². The summed E-state index contributed by atoms with van der Waals surface area (Å²) in [6, 6.07) is 16.3. The number of hydrogen-bond acceptors (Lipinski definition) is 2. The first-order chi connectivity index (χ1) is 13.4. The topological polar surface area (TPSA) is 40.6 Å². The molecule has 0 radical (unpaired) electrons. The van der Waals surface area contributed by atoms with Crippen molar-refractivity contribution < 1.29 is 14.0 Å². The Bertz CT molecular complexity index is 760. The minimum absolute atomic E-state index is 0.0342. The van der Waals surface area contributed by atoms with Crippen LogP contribution in [0.3, 0.4) is 0 Å². The van der Waals surface area contributed by atoms with Crippen molar-refractivity contribution in [2.45, 2.75) is 46.2 Å². The molecule has 2 aromatic rings. The van der Waals surface area contributed by atoms with E-state index >= 15 is 0 Å². The van der Waals surface area contributed by atoms with Crippen LogP contribution >= 0.6 is 0 Å². The number of amides is 2. The third kappa shape index (κ3) is 6.80. The van der Waals surface area contributed by atoms with Crippen LogP contribution in [0.5, 0.6) is 0 Å². The van der Waals surface area contributed by atoms with Crippen LogP contribution in [0.15, 0.2) is 54.6 Å². The molecule has 0 saturated heterocycles. The fourth-order valence-electron chi connectivity index (χ4n) is 3.05. The summed E-state index contributed by atoms with van der Waals surface area (Å²) in [5.74, 6) is -0.300. The van der Waals surface area contributed by atoms with Gasteiger partial charge in [-0.25, -0.2) is 4.39 Å². The Morgan fingerprint density at radius 2 is 1.57 bits per heavy atom. The number of carbonyl (C=O) groups is 2. The maximum atomic E-state index is 13.0. The molecule has 0 atom stereocenters. The highest BCUT2D eigenvalue weighted by molar-refractivity contribution is 5.78. The van der Waals surface area contributed by atoms with E-state index in [0.717, 1.165) is 11.1 Å². The number of hydrogen-bond donors (Lipinski definition) is 0. The van der Waals surface area contributed by atoms with Crippen LogP contribution in [0.2, 0.25) is 0 Å². The average Bonchev–Trinajstić information content (AvgIpc) is 2.67. The van der Waals surface area contributed by atoms with Crippen molar-refractivity contribution in [1.29, 1.82) is 0 Å². The fraction of sp³-hybridized carbons (Fsp3) is 0.391. The molecule has 28 heavy (non-hydrogen) atoms. The normalized spacial score (nSPS) is 10.8. The highest BCUT2D eigenvalue weighted by Gasteiger charge is 2.19. The van der Waals surface area contributed by atoms with Gasteiger partial charge in [-0.2, -0.15) is 0 Å². The van der Waals surface area contributed by atoms with Gasteiger partial charge in [0.25, 0.3) is 0 Å². The molecule has 0 fully saturated rings. The molecular weight excluding hydrogens is 355 g/mol. The van der Waals surface area contributed by atoms with E-state index in [1.165, 1.54) is 19.1 Å². The van der Waals surface area contributed by atoms with Crippen LogP contribution < -0.4 is 0 Å². The number of rotatable bonds is 9. The van der Waals surface area contributed by atoms with Crippen LogP contribution in [0.1, 0.15) is 38.3 Å². The van der Waals surface area contributed by atoms with Crippen molar-refractivity contribution in [3.63, 3.8) is 0 Å². The van der Waals surface area contributed by atoms with Crippen molar-refractivity contribution in [2.24, 2.45) is 0 Å². The first-order valence-electron chi connectivity index (χ1n) is 9.70. The Kier molecular flexibility index (Phi) is 8.18. The summed E-state index contributed by atoms with van der Waals surface area (Å²) in [6.07, 6.45) is 0.917. The molecule has 5 heteroatoms. The molecule has 2 amide bonds. The van der Waals surface area contributed by atoms with Crippen molar-refractivity contribution >= 4 is 11.8 Å². The van der Waals surface area contributed by atoms with Crippen LogP contribution in [-0.2, 0) is 22.6 Å². The monoisotopic (exact) mass is 384 g/mol. The second kappa shape index (κ2) is 10.6. The number of halogens is 1. The van der Waals surface area contributed by atoms with Crippen molar-refractivity contribution in [2.75, 3.05) is 13.1 Å². The van der Waals surface area contributed by atoms with E-state index in [9.17, 15) is 14.0 Å². The summed E-state index contributed by atoms with van der Waals surface area (Å²) in [7, 11) is 0. The lowest BCUT2D eigenvalue weighted by atomic mass is 10.1. The van der Waals surface area contributed by atoms with Gasteiger partial charge in [0.2, 0.25) is 11.8 Å². The minimum atomic E-state index is -0.273. The molecule has 0 saturated carbocycles. The van der Waals surface area contributed by atoms with Gasteiger partial charge in [0, 0.05) is 39.0 Å². The van der Waals surface area contributed by atoms with Gasteiger partial charge in [0.15, 0.2) is 0 Å². The van der Waals surface area contributed by atoms with Crippen LogP contribution in [0.25, 0.3) is 0 Å². The molecule has 0 spiro atoms. The third-order valence-corrected chi connectivity index (χ3v) is 4.76. The predicted octanol–water partition coefficient (Wildman–Crippen LogP) is 4.04.